The topological polar surface area (TPSA) is 22.0 Å². The largest absolute Gasteiger partial charge is 0.309 e. The average molecular weight is 960 g/mol. The van der Waals surface area contributed by atoms with Crippen LogP contribution in [0.2, 0.25) is 0 Å². The van der Waals surface area contributed by atoms with Crippen LogP contribution >= 0.6 is 7.14 Å². The van der Waals surface area contributed by atoms with Crippen molar-refractivity contribution in [2.45, 2.75) is 0 Å². The van der Waals surface area contributed by atoms with Crippen LogP contribution in [0.1, 0.15) is 0 Å². The van der Waals surface area contributed by atoms with Crippen molar-refractivity contribution < 1.29 is 4.57 Å². The predicted octanol–water partition coefficient (Wildman–Crippen LogP) is 9.18. The van der Waals surface area contributed by atoms with E-state index in [1.807, 2.05) is 60.7 Å². The highest BCUT2D eigenvalue weighted by atomic mass is 31.2. The highest BCUT2D eigenvalue weighted by molar-refractivity contribution is 7.85. The molecule has 0 unspecified atom stereocenters. The maximum absolute atomic E-state index is 16.1. The summed E-state index contributed by atoms with van der Waals surface area (Å²) in [4.78, 5) is 0. The monoisotopic (exact) mass is 959 g/mol. The lowest BCUT2D eigenvalue weighted by atomic mass is 10.1. The van der Waals surface area contributed by atoms with Gasteiger partial charge in [-0.05, 0) is 77.9 Å². The third-order valence-electron chi connectivity index (χ3n) is 14.6. The lowest BCUT2D eigenvalue weighted by Gasteiger charge is -2.34. The fourth-order valence-corrected chi connectivity index (χ4v) is 23.6. The fourth-order valence-electron chi connectivity index (χ4n) is 11.4. The van der Waals surface area contributed by atoms with E-state index in [4.69, 9.17) is 0 Å². The van der Waals surface area contributed by atoms with Crippen LogP contribution in [0.15, 0.2) is 303 Å². The first-order valence-electron chi connectivity index (χ1n) is 24.4. The maximum atomic E-state index is 16.1. The summed E-state index contributed by atoms with van der Waals surface area (Å²) < 4.78 is 18.6. The first-order chi connectivity index (χ1) is 35.1. The fraction of sp³-hybridized carbons (Fsp3) is 0. The minimum absolute atomic E-state index is 0.809. The Labute approximate surface area is 418 Å². The van der Waals surface area contributed by atoms with Crippen LogP contribution in [-0.4, -0.2) is 20.7 Å². The van der Waals surface area contributed by atoms with Crippen LogP contribution in [0.5, 0.6) is 0 Å². The third-order valence-corrected chi connectivity index (χ3v) is 27.2. The zero-order valence-corrected chi connectivity index (χ0v) is 42.1. The smallest absolute Gasteiger partial charge is 0.179 e. The minimum Gasteiger partial charge on any atom is -0.309 e. The van der Waals surface area contributed by atoms with Crippen molar-refractivity contribution in [2.75, 3.05) is 0 Å². The molecule has 0 aliphatic rings. The van der Waals surface area contributed by atoms with Crippen molar-refractivity contribution in [3.8, 4) is 5.69 Å². The summed E-state index contributed by atoms with van der Waals surface area (Å²) in [5.41, 5.74) is 3.22. The Morgan fingerprint density at radius 2 is 0.535 bits per heavy atom. The highest BCUT2D eigenvalue weighted by Gasteiger charge is 2.43. The zero-order valence-electron chi connectivity index (χ0n) is 39.2. The summed E-state index contributed by atoms with van der Waals surface area (Å²) in [6, 6.07) is 110. The molecule has 71 heavy (non-hydrogen) atoms. The Bertz CT molecular complexity index is 3560. The number of hydrogen-bond acceptors (Lipinski definition) is 1. The van der Waals surface area contributed by atoms with Crippen LogP contribution in [0.25, 0.3) is 27.5 Å². The quantitative estimate of drug-likeness (QED) is 0.0681. The second-order valence-electron chi connectivity index (χ2n) is 18.3. The van der Waals surface area contributed by atoms with Gasteiger partial charge in [0.05, 0.1) is 11.0 Å². The molecule has 0 fully saturated rings. The second-order valence-corrected chi connectivity index (χ2v) is 28.7. The van der Waals surface area contributed by atoms with E-state index in [9.17, 15) is 0 Å². The van der Waals surface area contributed by atoms with E-state index in [1.54, 1.807) is 0 Å². The summed E-state index contributed by atoms with van der Waals surface area (Å²) in [7, 11) is -9.00. The Hall–Kier alpha value is -8.12. The Kier molecular flexibility index (Phi) is 11.6. The van der Waals surface area contributed by atoms with Gasteiger partial charge in [0.2, 0.25) is 0 Å². The van der Waals surface area contributed by atoms with E-state index in [-0.39, 0.29) is 0 Å². The molecule has 2 nitrogen and oxygen atoms in total. The van der Waals surface area contributed by atoms with E-state index in [0.717, 1.165) is 43.4 Å². The number of fused-ring (bicyclic) bond motifs is 3. The molecule has 0 atom stereocenters. The van der Waals surface area contributed by atoms with Crippen molar-refractivity contribution in [3.05, 3.63) is 303 Å². The molecule has 0 bridgehead atoms. The maximum Gasteiger partial charge on any atom is 0.179 e. The van der Waals surface area contributed by atoms with E-state index in [0.29, 0.717) is 0 Å². The van der Waals surface area contributed by atoms with Crippen molar-refractivity contribution in [3.63, 3.8) is 0 Å². The summed E-state index contributed by atoms with van der Waals surface area (Å²) >= 11 is 0. The first kappa shape index (κ1) is 44.1. The number of benzene rings is 11. The van der Waals surface area contributed by atoms with Gasteiger partial charge in [-0.25, -0.2) is 0 Å². The van der Waals surface area contributed by atoms with Crippen molar-refractivity contribution >= 4 is 103 Å². The molecular formula is C66H50NOPSi2. The number of aromatic nitrogens is 1. The van der Waals surface area contributed by atoms with E-state index < -0.39 is 23.3 Å². The summed E-state index contributed by atoms with van der Waals surface area (Å²) in [6.07, 6.45) is 0. The number of rotatable bonds is 12. The molecule has 338 valence electrons. The SMILES string of the molecule is O=P(c1ccccc1)(c1ccccc1)c1ccc2c(c1)c1cc([Si](c3ccccc3)(c3ccccc3)c3ccccc3)ccc1n2-c1ccc([Si](c2ccccc2)(c2ccccc2)c2ccccc2)cc1. The van der Waals surface area contributed by atoms with Gasteiger partial charge in [-0.3, -0.25) is 0 Å². The van der Waals surface area contributed by atoms with E-state index in [2.05, 4.69) is 247 Å². The molecule has 12 rings (SSSR count). The standard InChI is InChI=1S/C66H50NOPSi2/c68-69(52-25-9-1-10-26-52,53-27-11-2-12-28-53)54-43-47-65-63(49-54)64-50-62(71(58-35-19-6-20-36-58,59-37-21-7-22-38-59)60-39-23-8-24-40-60)46-48-66(64)67(65)51-41-44-61(45-42-51)70(55-29-13-3-14-30-55,56-31-15-4-16-32-56)57-33-17-5-18-34-57/h1-50H. The average Bonchev–Trinajstić information content (AvgIpc) is 3.79. The molecule has 0 saturated heterocycles. The summed E-state index contributed by atoms with van der Waals surface area (Å²) in [5, 5.41) is 15.2. The third kappa shape index (κ3) is 7.34. The van der Waals surface area contributed by atoms with Gasteiger partial charge in [-0.1, -0.05) is 267 Å². The lowest BCUT2D eigenvalue weighted by Crippen LogP contribution is -2.74. The van der Waals surface area contributed by atoms with Gasteiger partial charge in [0, 0.05) is 32.4 Å². The van der Waals surface area contributed by atoms with Crippen LogP contribution in [0, 0.1) is 0 Å². The van der Waals surface area contributed by atoms with Gasteiger partial charge in [0.25, 0.3) is 0 Å². The van der Waals surface area contributed by atoms with Gasteiger partial charge in [-0.2, -0.15) is 0 Å². The molecule has 0 N–H and O–H groups in total. The molecule has 0 aliphatic heterocycles. The minimum atomic E-state index is -3.32. The van der Waals surface area contributed by atoms with Crippen LogP contribution in [0.3, 0.4) is 0 Å². The number of hydrogen-bond donors (Lipinski definition) is 0. The van der Waals surface area contributed by atoms with Crippen molar-refractivity contribution in [1.82, 2.24) is 4.57 Å². The van der Waals surface area contributed by atoms with Crippen LogP contribution in [0.4, 0.5) is 0 Å². The molecule has 0 aliphatic carbocycles. The molecular weight excluding hydrogens is 910 g/mol. The molecule has 11 aromatic carbocycles. The molecule has 1 aromatic heterocycles. The van der Waals surface area contributed by atoms with Crippen molar-refractivity contribution in [2.24, 2.45) is 0 Å². The van der Waals surface area contributed by atoms with Gasteiger partial charge in [0.1, 0.15) is 0 Å². The molecule has 1 heterocycles. The van der Waals surface area contributed by atoms with Gasteiger partial charge in [0.15, 0.2) is 23.3 Å². The predicted molar refractivity (Wildman–Crippen MR) is 307 cm³/mol. The van der Waals surface area contributed by atoms with Crippen LogP contribution < -0.4 is 57.4 Å². The lowest BCUT2D eigenvalue weighted by molar-refractivity contribution is 0.592. The Balaban J connectivity index is 1.14. The van der Waals surface area contributed by atoms with E-state index >= 15 is 4.57 Å². The van der Waals surface area contributed by atoms with Crippen molar-refractivity contribution in [1.29, 1.82) is 0 Å². The highest BCUT2D eigenvalue weighted by Crippen LogP contribution is 2.44. The normalized spacial score (nSPS) is 12.0. The zero-order chi connectivity index (χ0) is 47.7. The summed E-state index contributed by atoms with van der Waals surface area (Å²) in [5.74, 6) is 0. The summed E-state index contributed by atoms with van der Waals surface area (Å²) in [6.45, 7) is 0. The molecule has 0 spiro atoms. The van der Waals surface area contributed by atoms with Gasteiger partial charge < -0.3 is 9.13 Å². The first-order valence-corrected chi connectivity index (χ1v) is 30.1. The molecule has 5 heteroatoms. The van der Waals surface area contributed by atoms with Crippen LogP contribution in [-0.2, 0) is 4.57 Å². The molecule has 0 amide bonds. The number of nitrogens with zero attached hydrogens (tertiary/aromatic N) is 1. The molecule has 12 aromatic rings. The second kappa shape index (κ2) is 18.7. The van der Waals surface area contributed by atoms with Gasteiger partial charge >= 0.3 is 0 Å². The Morgan fingerprint density at radius 1 is 0.254 bits per heavy atom. The molecule has 0 saturated carbocycles. The Morgan fingerprint density at radius 3 is 0.901 bits per heavy atom. The van der Waals surface area contributed by atoms with Gasteiger partial charge in [-0.15, -0.1) is 0 Å². The molecule has 0 radical (unpaired) electrons. The van der Waals surface area contributed by atoms with E-state index in [1.165, 1.54) is 41.5 Å².